The summed E-state index contributed by atoms with van der Waals surface area (Å²) in [6.07, 6.45) is 2.74. The van der Waals surface area contributed by atoms with Crippen LogP contribution in [0.3, 0.4) is 0 Å². The normalized spacial score (nSPS) is 10.6. The van der Waals surface area contributed by atoms with E-state index in [4.69, 9.17) is 0 Å². The van der Waals surface area contributed by atoms with Crippen LogP contribution in [-0.2, 0) is 0 Å². The molecule has 0 N–H and O–H groups in total. The monoisotopic (exact) mass is 235 g/mol. The Morgan fingerprint density at radius 1 is 1.24 bits per heavy atom. The van der Waals surface area contributed by atoms with Crippen molar-refractivity contribution < 1.29 is 4.79 Å². The summed E-state index contributed by atoms with van der Waals surface area (Å²) < 4.78 is 0. The lowest BCUT2D eigenvalue weighted by atomic mass is 10.2. The van der Waals surface area contributed by atoms with Crippen molar-refractivity contribution in [3.63, 3.8) is 0 Å². The second kappa shape index (κ2) is 6.35. The fourth-order valence-corrected chi connectivity index (χ4v) is 1.56. The molecule has 1 aromatic rings. The molecule has 0 unspecified atom stereocenters. The summed E-state index contributed by atoms with van der Waals surface area (Å²) in [6, 6.07) is 3.72. The standard InChI is InChI=1S/C13H21N3O/c1-11(17)12-6-7-13(14-10-12)16(4)9-5-8-15(2)3/h6-7,10H,5,8-9H2,1-4H3. The average Bonchev–Trinajstić information content (AvgIpc) is 2.28. The van der Waals surface area contributed by atoms with Crippen molar-refractivity contribution in [2.75, 3.05) is 39.1 Å². The zero-order chi connectivity index (χ0) is 12.8. The number of anilines is 1. The second-order valence-electron chi connectivity index (χ2n) is 4.54. The van der Waals surface area contributed by atoms with Crippen molar-refractivity contribution in [2.45, 2.75) is 13.3 Å². The molecular weight excluding hydrogens is 214 g/mol. The molecule has 0 bridgehead atoms. The number of hydrogen-bond donors (Lipinski definition) is 0. The highest BCUT2D eigenvalue weighted by atomic mass is 16.1. The molecule has 1 aromatic heterocycles. The number of Topliss-reactive ketones (excluding diaryl/α,β-unsaturated/α-hetero) is 1. The molecule has 1 heterocycles. The third kappa shape index (κ3) is 4.53. The van der Waals surface area contributed by atoms with Crippen molar-refractivity contribution >= 4 is 11.6 Å². The summed E-state index contributed by atoms with van der Waals surface area (Å²) in [4.78, 5) is 19.7. The number of rotatable bonds is 6. The highest BCUT2D eigenvalue weighted by molar-refractivity contribution is 5.93. The van der Waals surface area contributed by atoms with E-state index in [1.54, 1.807) is 13.1 Å². The zero-order valence-electron chi connectivity index (χ0n) is 11.1. The van der Waals surface area contributed by atoms with Gasteiger partial charge in [0.25, 0.3) is 0 Å². The minimum absolute atomic E-state index is 0.0549. The second-order valence-corrected chi connectivity index (χ2v) is 4.54. The highest BCUT2D eigenvalue weighted by Crippen LogP contribution is 2.10. The Morgan fingerprint density at radius 2 is 1.94 bits per heavy atom. The van der Waals surface area contributed by atoms with Crippen molar-refractivity contribution in [1.82, 2.24) is 9.88 Å². The van der Waals surface area contributed by atoms with Crippen molar-refractivity contribution in [3.8, 4) is 0 Å². The Bertz CT molecular complexity index is 359. The Hall–Kier alpha value is -1.42. The minimum Gasteiger partial charge on any atom is -0.360 e. The maximum atomic E-state index is 11.1. The van der Waals surface area contributed by atoms with E-state index in [9.17, 15) is 4.79 Å². The quantitative estimate of drug-likeness (QED) is 0.703. The number of carbonyl (C=O) groups is 1. The summed E-state index contributed by atoms with van der Waals surface area (Å²) in [6.45, 7) is 3.58. The van der Waals surface area contributed by atoms with Gasteiger partial charge < -0.3 is 9.80 Å². The smallest absolute Gasteiger partial charge is 0.161 e. The van der Waals surface area contributed by atoms with Crippen LogP contribution in [0.4, 0.5) is 5.82 Å². The maximum absolute atomic E-state index is 11.1. The molecule has 0 aliphatic rings. The average molecular weight is 235 g/mol. The van der Waals surface area contributed by atoms with E-state index < -0.39 is 0 Å². The lowest BCUT2D eigenvalue weighted by molar-refractivity contribution is 0.101. The molecule has 17 heavy (non-hydrogen) atoms. The van der Waals surface area contributed by atoms with E-state index >= 15 is 0 Å². The number of carbonyl (C=O) groups excluding carboxylic acids is 1. The Kier molecular flexibility index (Phi) is 5.10. The lowest BCUT2D eigenvalue weighted by Crippen LogP contribution is -2.24. The van der Waals surface area contributed by atoms with E-state index in [0.717, 1.165) is 25.3 Å². The molecule has 0 fully saturated rings. The highest BCUT2D eigenvalue weighted by Gasteiger charge is 2.04. The molecule has 0 aliphatic heterocycles. The van der Waals surface area contributed by atoms with Gasteiger partial charge in [0, 0.05) is 25.4 Å². The van der Waals surface area contributed by atoms with Crippen LogP contribution in [0.2, 0.25) is 0 Å². The van der Waals surface area contributed by atoms with Gasteiger partial charge >= 0.3 is 0 Å². The summed E-state index contributed by atoms with van der Waals surface area (Å²) >= 11 is 0. The van der Waals surface area contributed by atoms with Crippen LogP contribution in [0.25, 0.3) is 0 Å². The summed E-state index contributed by atoms with van der Waals surface area (Å²) in [5.41, 5.74) is 0.662. The molecule has 1 rings (SSSR count). The van der Waals surface area contributed by atoms with Crippen molar-refractivity contribution in [1.29, 1.82) is 0 Å². The molecule has 0 amide bonds. The van der Waals surface area contributed by atoms with Crippen LogP contribution in [0.5, 0.6) is 0 Å². The molecule has 4 nitrogen and oxygen atoms in total. The zero-order valence-corrected chi connectivity index (χ0v) is 11.1. The van der Waals surface area contributed by atoms with Gasteiger partial charge in [0.1, 0.15) is 5.82 Å². The van der Waals surface area contributed by atoms with Crippen LogP contribution >= 0.6 is 0 Å². The third-order valence-corrected chi connectivity index (χ3v) is 2.64. The summed E-state index contributed by atoms with van der Waals surface area (Å²) in [7, 11) is 6.16. The van der Waals surface area contributed by atoms with Gasteiger partial charge in [-0.05, 0) is 46.1 Å². The van der Waals surface area contributed by atoms with Gasteiger partial charge in [0.2, 0.25) is 0 Å². The van der Waals surface area contributed by atoms with Gasteiger partial charge in [-0.2, -0.15) is 0 Å². The molecule has 0 aliphatic carbocycles. The Balaban J connectivity index is 2.51. The predicted molar refractivity (Wildman–Crippen MR) is 70.7 cm³/mol. The van der Waals surface area contributed by atoms with Gasteiger partial charge in [-0.15, -0.1) is 0 Å². The van der Waals surface area contributed by atoms with Crippen LogP contribution in [-0.4, -0.2) is 49.9 Å². The molecule has 0 spiro atoms. The number of pyridine rings is 1. The summed E-state index contributed by atoms with van der Waals surface area (Å²) in [5, 5.41) is 0. The number of nitrogens with zero attached hydrogens (tertiary/aromatic N) is 3. The van der Waals surface area contributed by atoms with Crippen molar-refractivity contribution in [3.05, 3.63) is 23.9 Å². The van der Waals surface area contributed by atoms with Gasteiger partial charge in [-0.25, -0.2) is 4.98 Å². The first kappa shape index (κ1) is 13.6. The summed E-state index contributed by atoms with van der Waals surface area (Å²) in [5.74, 6) is 0.966. The molecule has 0 atom stereocenters. The fourth-order valence-electron chi connectivity index (χ4n) is 1.56. The fraction of sp³-hybridized carbons (Fsp3) is 0.538. The third-order valence-electron chi connectivity index (χ3n) is 2.64. The predicted octanol–water partition coefficient (Wildman–Crippen LogP) is 1.67. The number of ketones is 1. The van der Waals surface area contributed by atoms with Gasteiger partial charge in [-0.1, -0.05) is 0 Å². The van der Waals surface area contributed by atoms with Gasteiger partial charge in [0.15, 0.2) is 5.78 Å². The number of aromatic nitrogens is 1. The van der Waals surface area contributed by atoms with E-state index in [1.807, 2.05) is 19.2 Å². The first-order chi connectivity index (χ1) is 8.00. The first-order valence-corrected chi connectivity index (χ1v) is 5.83. The van der Waals surface area contributed by atoms with E-state index in [1.165, 1.54) is 0 Å². The van der Waals surface area contributed by atoms with Gasteiger partial charge in [-0.3, -0.25) is 4.79 Å². The minimum atomic E-state index is 0.0549. The number of hydrogen-bond acceptors (Lipinski definition) is 4. The largest absolute Gasteiger partial charge is 0.360 e. The maximum Gasteiger partial charge on any atom is 0.161 e. The molecule has 94 valence electrons. The van der Waals surface area contributed by atoms with Crippen LogP contribution in [0.15, 0.2) is 18.3 Å². The topological polar surface area (TPSA) is 36.4 Å². The van der Waals surface area contributed by atoms with E-state index in [0.29, 0.717) is 5.56 Å². The molecule has 0 aromatic carbocycles. The van der Waals surface area contributed by atoms with Crippen LogP contribution in [0, 0.1) is 0 Å². The SMILES string of the molecule is CC(=O)c1ccc(N(C)CCCN(C)C)nc1. The first-order valence-electron chi connectivity index (χ1n) is 5.83. The Morgan fingerprint density at radius 3 is 2.41 bits per heavy atom. The van der Waals surface area contributed by atoms with Crippen LogP contribution in [0.1, 0.15) is 23.7 Å². The van der Waals surface area contributed by atoms with Crippen LogP contribution < -0.4 is 4.90 Å². The molecule has 0 saturated heterocycles. The van der Waals surface area contributed by atoms with Gasteiger partial charge in [0.05, 0.1) is 0 Å². The molecule has 4 heteroatoms. The molecule has 0 radical (unpaired) electrons. The Labute approximate surface area is 103 Å². The van der Waals surface area contributed by atoms with Crippen molar-refractivity contribution in [2.24, 2.45) is 0 Å². The van der Waals surface area contributed by atoms with E-state index in [2.05, 4.69) is 28.9 Å². The molecular formula is C13H21N3O. The molecule has 0 saturated carbocycles. The lowest BCUT2D eigenvalue weighted by Gasteiger charge is -2.19. The van der Waals surface area contributed by atoms with E-state index in [-0.39, 0.29) is 5.78 Å².